The quantitative estimate of drug-likeness (QED) is 0.706. The van der Waals surface area contributed by atoms with Crippen molar-refractivity contribution in [1.29, 1.82) is 0 Å². The van der Waals surface area contributed by atoms with Crippen molar-refractivity contribution >= 4 is 5.91 Å². The second kappa shape index (κ2) is 9.11. The number of aryl methyl sites for hydroxylation is 2. The van der Waals surface area contributed by atoms with Crippen LogP contribution in [0.2, 0.25) is 0 Å². The van der Waals surface area contributed by atoms with E-state index in [0.717, 1.165) is 18.5 Å². The minimum Gasteiger partial charge on any atom is -0.380 e. The van der Waals surface area contributed by atoms with Crippen molar-refractivity contribution in [3.8, 4) is 0 Å². The molecule has 4 rings (SSSR count). The third-order valence-corrected chi connectivity index (χ3v) is 7.09. The average molecular weight is 440 g/mol. The fraction of sp³-hybridized carbons (Fsp3) is 0.583. The van der Waals surface area contributed by atoms with Gasteiger partial charge in [-0.1, -0.05) is 0 Å². The highest BCUT2D eigenvalue weighted by atomic mass is 16.5. The number of likely N-dealkylation sites (tertiary alicyclic amines) is 1. The zero-order valence-electron chi connectivity index (χ0n) is 19.6. The predicted octanol–water partition coefficient (Wildman–Crippen LogP) is 1.73. The molecule has 0 spiro atoms. The van der Waals surface area contributed by atoms with Crippen LogP contribution in [0.25, 0.3) is 0 Å². The highest BCUT2D eigenvalue weighted by Gasteiger charge is 2.44. The topological polar surface area (TPSA) is 80.6 Å². The highest BCUT2D eigenvalue weighted by Crippen LogP contribution is 2.39. The normalized spacial score (nSPS) is 25.2. The summed E-state index contributed by atoms with van der Waals surface area (Å²) in [6, 6.07) is 2.19. The molecular formula is C24H33N5O3. The maximum Gasteiger partial charge on any atom is 0.264 e. The van der Waals surface area contributed by atoms with Gasteiger partial charge in [0.05, 0.1) is 30.2 Å². The molecule has 0 unspecified atom stereocenters. The number of hydrogen-bond acceptors (Lipinski definition) is 6. The molecule has 0 radical (unpaired) electrons. The van der Waals surface area contributed by atoms with Crippen LogP contribution in [0.15, 0.2) is 29.5 Å². The van der Waals surface area contributed by atoms with Gasteiger partial charge in [0.2, 0.25) is 0 Å². The summed E-state index contributed by atoms with van der Waals surface area (Å²) in [5.41, 5.74) is 2.21. The molecule has 1 saturated carbocycles. The summed E-state index contributed by atoms with van der Waals surface area (Å²) in [6.45, 7) is 5.37. The van der Waals surface area contributed by atoms with E-state index in [9.17, 15) is 9.59 Å². The zero-order valence-corrected chi connectivity index (χ0v) is 19.6. The third kappa shape index (κ3) is 4.34. The van der Waals surface area contributed by atoms with Crippen LogP contribution in [0.1, 0.15) is 40.2 Å². The summed E-state index contributed by atoms with van der Waals surface area (Å²) in [5.74, 6) is 0.683. The first-order valence-corrected chi connectivity index (χ1v) is 11.2. The van der Waals surface area contributed by atoms with Gasteiger partial charge in [0, 0.05) is 38.6 Å². The van der Waals surface area contributed by atoms with Crippen LogP contribution >= 0.6 is 0 Å². The van der Waals surface area contributed by atoms with E-state index in [2.05, 4.69) is 29.0 Å². The van der Waals surface area contributed by atoms with Crippen molar-refractivity contribution in [1.82, 2.24) is 24.3 Å². The summed E-state index contributed by atoms with van der Waals surface area (Å²) in [6.07, 6.45) is 7.20. The molecule has 2 fully saturated rings. The molecule has 2 aromatic rings. The first-order chi connectivity index (χ1) is 15.3. The van der Waals surface area contributed by atoms with Crippen molar-refractivity contribution in [2.75, 3.05) is 34.3 Å². The number of nitrogens with zero attached hydrogens (tertiary/aromatic N) is 5. The van der Waals surface area contributed by atoms with Gasteiger partial charge in [0.1, 0.15) is 5.56 Å². The van der Waals surface area contributed by atoms with Gasteiger partial charge in [-0.15, -0.1) is 0 Å². The van der Waals surface area contributed by atoms with Gasteiger partial charge in [-0.25, -0.2) is 0 Å². The van der Waals surface area contributed by atoms with E-state index < -0.39 is 0 Å². The van der Waals surface area contributed by atoms with Crippen molar-refractivity contribution in [2.45, 2.75) is 45.4 Å². The molecule has 8 heteroatoms. The molecule has 0 aromatic carbocycles. The molecule has 8 nitrogen and oxygen atoms in total. The summed E-state index contributed by atoms with van der Waals surface area (Å²) < 4.78 is 7.31. The zero-order chi connectivity index (χ0) is 23.0. The lowest BCUT2D eigenvalue weighted by molar-refractivity contribution is -0.0209. The monoisotopic (exact) mass is 439 g/mol. The Hall–Kier alpha value is -2.58. The maximum absolute atomic E-state index is 13.5. The number of rotatable bonds is 5. The lowest BCUT2D eigenvalue weighted by atomic mass is 9.77. The number of fused-ring (bicyclic) bond motifs is 1. The van der Waals surface area contributed by atoms with E-state index in [4.69, 9.17) is 4.74 Å². The SMILES string of the molecule is CO[C@@H]1C[C@H]2CN(C(=O)c3c(C)ccn(Cc4cnc(C)cn4)c3=O)C[C@H]2C[C@H]1N(C)C. The van der Waals surface area contributed by atoms with Crippen LogP contribution in [-0.4, -0.2) is 76.7 Å². The van der Waals surface area contributed by atoms with Crippen molar-refractivity contribution < 1.29 is 9.53 Å². The summed E-state index contributed by atoms with van der Waals surface area (Å²) in [5, 5.41) is 0. The highest BCUT2D eigenvalue weighted by molar-refractivity contribution is 5.95. The van der Waals surface area contributed by atoms with Gasteiger partial charge in [-0.05, 0) is 64.3 Å². The Bertz CT molecular complexity index is 1030. The van der Waals surface area contributed by atoms with Gasteiger partial charge < -0.3 is 19.1 Å². The van der Waals surface area contributed by atoms with E-state index in [1.165, 1.54) is 0 Å². The van der Waals surface area contributed by atoms with Gasteiger partial charge in [0.25, 0.3) is 11.5 Å². The van der Waals surface area contributed by atoms with E-state index in [0.29, 0.717) is 42.2 Å². The molecule has 4 atom stereocenters. The smallest absolute Gasteiger partial charge is 0.264 e. The number of ether oxygens (including phenoxy) is 1. The fourth-order valence-corrected chi connectivity index (χ4v) is 5.24. The molecule has 0 bridgehead atoms. The molecule has 3 heterocycles. The number of hydrogen-bond donors (Lipinski definition) is 0. The Labute approximate surface area is 189 Å². The summed E-state index contributed by atoms with van der Waals surface area (Å²) >= 11 is 0. The van der Waals surface area contributed by atoms with Crippen LogP contribution in [0.3, 0.4) is 0 Å². The largest absolute Gasteiger partial charge is 0.380 e. The van der Waals surface area contributed by atoms with Gasteiger partial charge >= 0.3 is 0 Å². The Morgan fingerprint density at radius 3 is 2.50 bits per heavy atom. The lowest BCUT2D eigenvalue weighted by Crippen LogP contribution is -2.47. The Balaban J connectivity index is 1.55. The molecule has 2 aromatic heterocycles. The first kappa shape index (κ1) is 22.6. The van der Waals surface area contributed by atoms with Crippen LogP contribution in [0.4, 0.5) is 0 Å². The Morgan fingerprint density at radius 2 is 1.88 bits per heavy atom. The molecule has 1 saturated heterocycles. The maximum atomic E-state index is 13.5. The van der Waals surface area contributed by atoms with E-state index in [-0.39, 0.29) is 29.7 Å². The number of amides is 1. The molecule has 1 amide bonds. The standard InChI is InChI=1S/C24H33N5O3/c1-15-6-7-28(14-19-11-25-16(2)10-26-19)23(30)22(15)24(31)29-12-17-8-20(27(3)4)21(32-5)9-18(17)13-29/h6-7,10-11,17-18,20-21H,8-9,12-14H2,1-5H3/t17-,18+,20-,21-/m1/s1. The number of methoxy groups -OCH3 is 1. The number of aromatic nitrogens is 3. The predicted molar refractivity (Wildman–Crippen MR) is 122 cm³/mol. The van der Waals surface area contributed by atoms with Gasteiger partial charge in [0.15, 0.2) is 0 Å². The molecule has 1 aliphatic heterocycles. The number of carbonyl (C=O) groups excluding carboxylic acids is 1. The van der Waals surface area contributed by atoms with Crippen molar-refractivity contribution in [2.24, 2.45) is 11.8 Å². The molecule has 0 N–H and O–H groups in total. The number of pyridine rings is 1. The molecular weight excluding hydrogens is 406 g/mol. The fourth-order valence-electron chi connectivity index (χ4n) is 5.24. The third-order valence-electron chi connectivity index (χ3n) is 7.09. The Morgan fingerprint density at radius 1 is 1.16 bits per heavy atom. The second-order valence-corrected chi connectivity index (χ2v) is 9.46. The molecule has 32 heavy (non-hydrogen) atoms. The summed E-state index contributed by atoms with van der Waals surface area (Å²) in [4.78, 5) is 39.4. The molecule has 172 valence electrons. The molecule has 2 aliphatic rings. The first-order valence-electron chi connectivity index (χ1n) is 11.2. The van der Waals surface area contributed by atoms with Gasteiger partial charge in [-0.3, -0.25) is 19.6 Å². The van der Waals surface area contributed by atoms with E-state index >= 15 is 0 Å². The Kier molecular flexibility index (Phi) is 6.44. The van der Waals surface area contributed by atoms with Gasteiger partial charge in [-0.2, -0.15) is 0 Å². The minimum atomic E-state index is -0.270. The van der Waals surface area contributed by atoms with E-state index in [1.807, 2.05) is 24.8 Å². The average Bonchev–Trinajstić information content (AvgIpc) is 3.19. The van der Waals surface area contributed by atoms with E-state index in [1.54, 1.807) is 30.3 Å². The van der Waals surface area contributed by atoms with Crippen LogP contribution in [-0.2, 0) is 11.3 Å². The van der Waals surface area contributed by atoms with Crippen molar-refractivity contribution in [3.05, 3.63) is 57.5 Å². The number of likely N-dealkylation sites (N-methyl/N-ethyl adjacent to an activating group) is 1. The van der Waals surface area contributed by atoms with Crippen LogP contribution in [0.5, 0.6) is 0 Å². The minimum absolute atomic E-state index is 0.165. The van der Waals surface area contributed by atoms with Crippen LogP contribution in [0, 0.1) is 25.7 Å². The number of carbonyl (C=O) groups is 1. The lowest BCUT2D eigenvalue weighted by Gasteiger charge is -2.40. The summed E-state index contributed by atoms with van der Waals surface area (Å²) in [7, 11) is 5.94. The van der Waals surface area contributed by atoms with Crippen molar-refractivity contribution in [3.63, 3.8) is 0 Å². The molecule has 1 aliphatic carbocycles. The second-order valence-electron chi connectivity index (χ2n) is 9.46. The van der Waals surface area contributed by atoms with Crippen LogP contribution < -0.4 is 5.56 Å².